The molecule has 1 aliphatic carbocycles. The van der Waals surface area contributed by atoms with Gasteiger partial charge in [0.25, 0.3) is 0 Å². The van der Waals surface area contributed by atoms with E-state index in [-0.39, 0.29) is 6.54 Å². The molecule has 0 bridgehead atoms. The lowest BCUT2D eigenvalue weighted by atomic mass is 9.63. The molecule has 0 atom stereocenters. The normalized spacial score (nSPS) is 27.0. The minimum Gasteiger partial charge on any atom is -0.302 e. The number of halogens is 3. The number of rotatable bonds is 2. The van der Waals surface area contributed by atoms with Gasteiger partial charge in [0.1, 0.15) is 0 Å². The topological polar surface area (TPSA) is 3.24 Å². The molecule has 0 N–H and O–H groups in total. The standard InChI is InChI=1S/C9H14F3N/c10-9(11,12)4-5-13-6-8(7-13)2-1-3-8/h1-7H2. The third-order valence-electron chi connectivity index (χ3n) is 3.24. The van der Waals surface area contributed by atoms with Crippen molar-refractivity contribution in [2.24, 2.45) is 5.41 Å². The van der Waals surface area contributed by atoms with Gasteiger partial charge in [-0.1, -0.05) is 6.42 Å². The van der Waals surface area contributed by atoms with E-state index in [4.69, 9.17) is 0 Å². The van der Waals surface area contributed by atoms with Gasteiger partial charge in [-0.15, -0.1) is 0 Å². The van der Waals surface area contributed by atoms with Gasteiger partial charge in [-0.25, -0.2) is 0 Å². The summed E-state index contributed by atoms with van der Waals surface area (Å²) in [5.74, 6) is 0. The monoisotopic (exact) mass is 193 g/mol. The van der Waals surface area contributed by atoms with Crippen molar-refractivity contribution >= 4 is 0 Å². The summed E-state index contributed by atoms with van der Waals surface area (Å²) >= 11 is 0. The third-order valence-corrected chi connectivity index (χ3v) is 3.24. The highest BCUT2D eigenvalue weighted by Gasteiger charge is 2.47. The number of hydrogen-bond donors (Lipinski definition) is 0. The van der Waals surface area contributed by atoms with Crippen LogP contribution in [0.15, 0.2) is 0 Å². The Kier molecular flexibility index (Phi) is 2.06. The second-order valence-corrected chi connectivity index (χ2v) is 4.43. The van der Waals surface area contributed by atoms with E-state index in [9.17, 15) is 13.2 Å². The van der Waals surface area contributed by atoms with E-state index in [0.29, 0.717) is 5.41 Å². The molecule has 0 aromatic rings. The Morgan fingerprint density at radius 2 is 1.77 bits per heavy atom. The van der Waals surface area contributed by atoms with Crippen molar-refractivity contribution in [1.29, 1.82) is 0 Å². The molecule has 76 valence electrons. The van der Waals surface area contributed by atoms with Crippen molar-refractivity contribution in [3.8, 4) is 0 Å². The van der Waals surface area contributed by atoms with Crippen LogP contribution in [0.25, 0.3) is 0 Å². The van der Waals surface area contributed by atoms with E-state index >= 15 is 0 Å². The summed E-state index contributed by atoms with van der Waals surface area (Å²) in [4.78, 5) is 1.92. The molecule has 0 aromatic heterocycles. The molecule has 1 spiro atoms. The van der Waals surface area contributed by atoms with Crippen LogP contribution in [0, 0.1) is 5.41 Å². The largest absolute Gasteiger partial charge is 0.390 e. The molecule has 1 saturated carbocycles. The zero-order valence-corrected chi connectivity index (χ0v) is 7.53. The SMILES string of the molecule is FC(F)(F)CCN1CC2(CCC2)C1. The van der Waals surface area contributed by atoms with Crippen molar-refractivity contribution in [1.82, 2.24) is 4.90 Å². The van der Waals surface area contributed by atoms with Crippen LogP contribution in [-0.4, -0.2) is 30.7 Å². The van der Waals surface area contributed by atoms with Crippen LogP contribution in [0.1, 0.15) is 25.7 Å². The van der Waals surface area contributed by atoms with Crippen molar-refractivity contribution in [3.63, 3.8) is 0 Å². The highest BCUT2D eigenvalue weighted by molar-refractivity contribution is 5.00. The predicted octanol–water partition coefficient (Wildman–Crippen LogP) is 2.42. The lowest BCUT2D eigenvalue weighted by molar-refractivity contribution is -0.149. The summed E-state index contributed by atoms with van der Waals surface area (Å²) in [6.07, 6.45) is -0.899. The zero-order valence-electron chi connectivity index (χ0n) is 7.53. The molecule has 4 heteroatoms. The quantitative estimate of drug-likeness (QED) is 0.651. The van der Waals surface area contributed by atoms with E-state index < -0.39 is 12.6 Å². The van der Waals surface area contributed by atoms with Gasteiger partial charge >= 0.3 is 6.18 Å². The lowest BCUT2D eigenvalue weighted by Gasteiger charge is -2.56. The van der Waals surface area contributed by atoms with Gasteiger partial charge < -0.3 is 4.90 Å². The lowest BCUT2D eigenvalue weighted by Crippen LogP contribution is -2.59. The van der Waals surface area contributed by atoms with E-state index in [1.54, 1.807) is 0 Å². The van der Waals surface area contributed by atoms with Gasteiger partial charge in [0.05, 0.1) is 6.42 Å². The maximum atomic E-state index is 11.8. The van der Waals surface area contributed by atoms with Crippen LogP contribution >= 0.6 is 0 Å². The fourth-order valence-electron chi connectivity index (χ4n) is 2.34. The van der Waals surface area contributed by atoms with Crippen molar-refractivity contribution in [2.75, 3.05) is 19.6 Å². The summed E-state index contributed by atoms with van der Waals surface area (Å²) in [6.45, 7) is 2.01. The molecule has 1 aliphatic heterocycles. The first-order chi connectivity index (χ1) is 5.99. The van der Waals surface area contributed by atoms with E-state index in [1.165, 1.54) is 19.3 Å². The second kappa shape index (κ2) is 2.87. The Bertz CT molecular complexity index is 188. The van der Waals surface area contributed by atoms with Gasteiger partial charge in [0.2, 0.25) is 0 Å². The minimum absolute atomic E-state index is 0.200. The Morgan fingerprint density at radius 3 is 2.15 bits per heavy atom. The van der Waals surface area contributed by atoms with Gasteiger partial charge in [-0.3, -0.25) is 0 Å². The molecular weight excluding hydrogens is 179 g/mol. The molecule has 2 rings (SSSR count). The van der Waals surface area contributed by atoms with Crippen LogP contribution < -0.4 is 0 Å². The third kappa shape index (κ3) is 1.98. The van der Waals surface area contributed by atoms with E-state index in [0.717, 1.165) is 13.1 Å². The number of nitrogens with zero attached hydrogens (tertiary/aromatic N) is 1. The van der Waals surface area contributed by atoms with Crippen molar-refractivity contribution < 1.29 is 13.2 Å². The summed E-state index contributed by atoms with van der Waals surface area (Å²) in [7, 11) is 0. The molecular formula is C9H14F3N. The average molecular weight is 193 g/mol. The molecule has 1 saturated heterocycles. The molecule has 2 aliphatic rings. The molecule has 13 heavy (non-hydrogen) atoms. The van der Waals surface area contributed by atoms with Crippen LogP contribution in [0.2, 0.25) is 0 Å². The van der Waals surface area contributed by atoms with Gasteiger partial charge in [0.15, 0.2) is 0 Å². The summed E-state index contributed by atoms with van der Waals surface area (Å²) in [6, 6.07) is 0. The maximum absolute atomic E-state index is 11.8. The van der Waals surface area contributed by atoms with Crippen LogP contribution in [0.5, 0.6) is 0 Å². The fourth-order valence-corrected chi connectivity index (χ4v) is 2.34. The molecule has 0 radical (unpaired) electrons. The molecule has 1 nitrogen and oxygen atoms in total. The first-order valence-corrected chi connectivity index (χ1v) is 4.78. The second-order valence-electron chi connectivity index (χ2n) is 4.43. The van der Waals surface area contributed by atoms with Crippen LogP contribution in [0.4, 0.5) is 13.2 Å². The van der Waals surface area contributed by atoms with Gasteiger partial charge in [0, 0.05) is 19.6 Å². The number of alkyl halides is 3. The van der Waals surface area contributed by atoms with Crippen LogP contribution in [0.3, 0.4) is 0 Å². The smallest absolute Gasteiger partial charge is 0.302 e. The number of hydrogen-bond acceptors (Lipinski definition) is 1. The van der Waals surface area contributed by atoms with Crippen molar-refractivity contribution in [3.05, 3.63) is 0 Å². The summed E-state index contributed by atoms with van der Waals surface area (Å²) in [5.41, 5.74) is 0.450. The zero-order chi connectivity index (χ0) is 9.53. The summed E-state index contributed by atoms with van der Waals surface area (Å²) < 4.78 is 35.5. The summed E-state index contributed by atoms with van der Waals surface area (Å²) in [5, 5.41) is 0. The molecule has 1 heterocycles. The molecule has 0 amide bonds. The highest BCUT2D eigenvalue weighted by Crippen LogP contribution is 2.48. The van der Waals surface area contributed by atoms with E-state index in [1.807, 2.05) is 4.90 Å². The van der Waals surface area contributed by atoms with Crippen molar-refractivity contribution in [2.45, 2.75) is 31.9 Å². The molecule has 0 aromatic carbocycles. The van der Waals surface area contributed by atoms with Crippen LogP contribution in [-0.2, 0) is 0 Å². The number of likely N-dealkylation sites (tertiary alicyclic amines) is 1. The van der Waals surface area contributed by atoms with E-state index in [2.05, 4.69) is 0 Å². The first-order valence-electron chi connectivity index (χ1n) is 4.78. The Morgan fingerprint density at radius 1 is 1.15 bits per heavy atom. The average Bonchev–Trinajstić information content (AvgIpc) is 1.77. The maximum Gasteiger partial charge on any atom is 0.390 e. The Labute approximate surface area is 75.9 Å². The minimum atomic E-state index is -3.98. The molecule has 2 fully saturated rings. The predicted molar refractivity (Wildman–Crippen MR) is 43.4 cm³/mol. The molecule has 0 unspecified atom stereocenters. The highest BCUT2D eigenvalue weighted by atomic mass is 19.4. The fraction of sp³-hybridized carbons (Fsp3) is 1.00. The Balaban J connectivity index is 1.64. The Hall–Kier alpha value is -0.250. The van der Waals surface area contributed by atoms with Gasteiger partial charge in [-0.05, 0) is 18.3 Å². The van der Waals surface area contributed by atoms with Gasteiger partial charge in [-0.2, -0.15) is 13.2 Å². The first kappa shape index (κ1) is 9.31.